The van der Waals surface area contributed by atoms with Crippen molar-refractivity contribution in [1.82, 2.24) is 0 Å². The number of hydrogen-bond acceptors (Lipinski definition) is 2. The van der Waals surface area contributed by atoms with Crippen molar-refractivity contribution in [2.75, 3.05) is 5.73 Å². The van der Waals surface area contributed by atoms with Crippen molar-refractivity contribution in [3.05, 3.63) is 81.6 Å². The minimum Gasteiger partial charge on any atom is -0.399 e. The van der Waals surface area contributed by atoms with Crippen molar-refractivity contribution >= 4 is 28.3 Å². The van der Waals surface area contributed by atoms with Crippen molar-refractivity contribution < 1.29 is 0 Å². The van der Waals surface area contributed by atoms with Crippen LogP contribution in [0.3, 0.4) is 0 Å². The summed E-state index contributed by atoms with van der Waals surface area (Å²) in [6.45, 7) is 3.48. The number of nitrogens with two attached hydrogens (primary N) is 1. The highest BCUT2D eigenvalue weighted by Crippen LogP contribution is 2.06. The third-order valence-electron chi connectivity index (χ3n) is 2.44. The third-order valence-corrected chi connectivity index (χ3v) is 3.15. The van der Waals surface area contributed by atoms with Crippen LogP contribution >= 0.6 is 22.6 Å². The molecule has 2 N–H and O–H groups in total. The van der Waals surface area contributed by atoms with E-state index < -0.39 is 0 Å². The van der Waals surface area contributed by atoms with Gasteiger partial charge in [-0.3, -0.25) is 0 Å². The van der Waals surface area contributed by atoms with Gasteiger partial charge in [0.05, 0.1) is 11.6 Å². The highest BCUT2D eigenvalue weighted by molar-refractivity contribution is 14.1. The summed E-state index contributed by atoms with van der Waals surface area (Å²) in [4.78, 5) is 0. The molecule has 100 valence electrons. The van der Waals surface area contributed by atoms with Gasteiger partial charge in [-0.1, -0.05) is 18.7 Å². The fourth-order valence-corrected chi connectivity index (χ4v) is 1.73. The van der Waals surface area contributed by atoms with Crippen LogP contribution < -0.4 is 5.73 Å². The van der Waals surface area contributed by atoms with Crippen LogP contribution in [0.25, 0.3) is 0 Å². The van der Waals surface area contributed by atoms with Gasteiger partial charge in [0.15, 0.2) is 0 Å². The fraction of sp³-hybridized carbons (Fsp3) is 0.0588. The molecule has 2 nitrogen and oxygen atoms in total. The predicted octanol–water partition coefficient (Wildman–Crippen LogP) is 4.32. The topological polar surface area (TPSA) is 49.8 Å². The number of benzene rings is 2. The van der Waals surface area contributed by atoms with E-state index in [2.05, 4.69) is 41.0 Å². The van der Waals surface area contributed by atoms with Crippen LogP contribution in [-0.2, 0) is 6.42 Å². The Kier molecular flexibility index (Phi) is 7.20. The van der Waals surface area contributed by atoms with Crippen LogP contribution in [0.4, 0.5) is 5.69 Å². The third kappa shape index (κ3) is 6.24. The van der Waals surface area contributed by atoms with Gasteiger partial charge in [-0.05, 0) is 77.0 Å². The second-order valence-corrected chi connectivity index (χ2v) is 5.22. The summed E-state index contributed by atoms with van der Waals surface area (Å²) in [7, 11) is 0. The maximum atomic E-state index is 8.52. The zero-order valence-corrected chi connectivity index (χ0v) is 13.2. The Balaban J connectivity index is 0.000000217. The van der Waals surface area contributed by atoms with Crippen molar-refractivity contribution in [3.63, 3.8) is 0 Å². The number of halogens is 1. The first-order valence-electron chi connectivity index (χ1n) is 6.00. The van der Waals surface area contributed by atoms with Gasteiger partial charge in [-0.25, -0.2) is 0 Å². The van der Waals surface area contributed by atoms with E-state index in [1.54, 1.807) is 0 Å². The molecule has 2 aromatic carbocycles. The SMILES string of the molecule is C=C=CCc1ccc(C#N)cc1.Nc1ccc(I)cc1. The molecular formula is C17H15IN2. The van der Waals surface area contributed by atoms with Crippen LogP contribution in [0.2, 0.25) is 0 Å². The Bertz CT molecular complexity index is 595. The molecular weight excluding hydrogens is 359 g/mol. The van der Waals surface area contributed by atoms with E-state index in [1.165, 1.54) is 9.13 Å². The summed E-state index contributed by atoms with van der Waals surface area (Å²) in [5.41, 5.74) is 10.8. The monoisotopic (exact) mass is 374 g/mol. The quantitative estimate of drug-likeness (QED) is 0.484. The summed E-state index contributed by atoms with van der Waals surface area (Å²) in [6, 6.07) is 17.3. The molecule has 0 aliphatic heterocycles. The second-order valence-electron chi connectivity index (χ2n) is 3.97. The van der Waals surface area contributed by atoms with E-state index in [9.17, 15) is 0 Å². The Labute approximate surface area is 133 Å². The Hall–Kier alpha value is -2.02. The molecule has 0 fully saturated rings. The molecule has 0 heterocycles. The van der Waals surface area contributed by atoms with E-state index >= 15 is 0 Å². The summed E-state index contributed by atoms with van der Waals surface area (Å²) < 4.78 is 1.22. The zero-order chi connectivity index (χ0) is 14.8. The van der Waals surface area contributed by atoms with Gasteiger partial charge in [0, 0.05) is 9.26 Å². The lowest BCUT2D eigenvalue weighted by atomic mass is 10.1. The fourth-order valence-electron chi connectivity index (χ4n) is 1.37. The minimum absolute atomic E-state index is 0.696. The van der Waals surface area contributed by atoms with Gasteiger partial charge in [-0.2, -0.15) is 5.26 Å². The van der Waals surface area contributed by atoms with E-state index in [0.717, 1.165) is 12.1 Å². The number of nitrogen functional groups attached to an aromatic ring is 1. The van der Waals surface area contributed by atoms with Crippen molar-refractivity contribution in [3.8, 4) is 6.07 Å². The van der Waals surface area contributed by atoms with E-state index in [0.29, 0.717) is 5.56 Å². The Morgan fingerprint density at radius 1 is 1.10 bits per heavy atom. The minimum atomic E-state index is 0.696. The number of rotatable bonds is 2. The molecule has 2 rings (SSSR count). The van der Waals surface area contributed by atoms with Crippen molar-refractivity contribution in [2.24, 2.45) is 0 Å². The lowest BCUT2D eigenvalue weighted by Gasteiger charge is -1.93. The van der Waals surface area contributed by atoms with Crippen molar-refractivity contribution in [2.45, 2.75) is 6.42 Å². The standard InChI is InChI=1S/C11H9N.C6H6IN/c1-2-3-4-10-5-7-11(9-12)8-6-10;7-5-1-3-6(8)4-2-5/h3,5-8H,1,4H2;1-4H,8H2. The number of allylic oxidation sites excluding steroid dienone is 1. The highest BCUT2D eigenvalue weighted by Gasteiger charge is 1.90. The largest absolute Gasteiger partial charge is 0.399 e. The first-order valence-corrected chi connectivity index (χ1v) is 7.08. The molecule has 0 unspecified atom stereocenters. The summed E-state index contributed by atoms with van der Waals surface area (Å²) in [5, 5.41) is 8.52. The highest BCUT2D eigenvalue weighted by atomic mass is 127. The molecule has 0 saturated carbocycles. The summed E-state index contributed by atoms with van der Waals surface area (Å²) in [5.74, 6) is 0. The van der Waals surface area contributed by atoms with Gasteiger partial charge >= 0.3 is 0 Å². The molecule has 0 bridgehead atoms. The van der Waals surface area contributed by atoms with Crippen LogP contribution in [0, 0.1) is 14.9 Å². The summed E-state index contributed by atoms with van der Waals surface area (Å²) in [6.07, 6.45) is 2.69. The van der Waals surface area contributed by atoms with Crippen LogP contribution in [-0.4, -0.2) is 0 Å². The summed E-state index contributed by atoms with van der Waals surface area (Å²) >= 11 is 2.24. The molecule has 0 amide bonds. The van der Waals surface area contributed by atoms with E-state index in [1.807, 2.05) is 54.6 Å². The predicted molar refractivity (Wildman–Crippen MR) is 92.1 cm³/mol. The zero-order valence-electron chi connectivity index (χ0n) is 11.0. The molecule has 0 aromatic heterocycles. The number of anilines is 1. The lowest BCUT2D eigenvalue weighted by molar-refractivity contribution is 1.27. The lowest BCUT2D eigenvalue weighted by Crippen LogP contribution is -1.81. The van der Waals surface area contributed by atoms with Gasteiger partial charge in [-0.15, -0.1) is 5.73 Å². The molecule has 2 aromatic rings. The molecule has 0 aliphatic carbocycles. The van der Waals surface area contributed by atoms with Crippen LogP contribution in [0.5, 0.6) is 0 Å². The van der Waals surface area contributed by atoms with Gasteiger partial charge in [0.1, 0.15) is 0 Å². The van der Waals surface area contributed by atoms with Crippen LogP contribution in [0.1, 0.15) is 11.1 Å². The van der Waals surface area contributed by atoms with Gasteiger partial charge in [0.25, 0.3) is 0 Å². The second kappa shape index (κ2) is 8.98. The number of nitriles is 1. The molecule has 3 heteroatoms. The molecule has 0 atom stereocenters. The average molecular weight is 374 g/mol. The average Bonchev–Trinajstić information content (AvgIpc) is 2.49. The molecule has 0 spiro atoms. The molecule has 20 heavy (non-hydrogen) atoms. The number of nitrogens with zero attached hydrogens (tertiary/aromatic N) is 1. The Morgan fingerprint density at radius 3 is 2.15 bits per heavy atom. The van der Waals surface area contributed by atoms with Gasteiger partial charge < -0.3 is 5.73 Å². The number of hydrogen-bond donors (Lipinski definition) is 1. The van der Waals surface area contributed by atoms with E-state index in [4.69, 9.17) is 11.0 Å². The maximum Gasteiger partial charge on any atom is 0.0991 e. The normalized spacial score (nSPS) is 8.60. The molecule has 0 saturated heterocycles. The van der Waals surface area contributed by atoms with E-state index in [-0.39, 0.29) is 0 Å². The van der Waals surface area contributed by atoms with Gasteiger partial charge in [0.2, 0.25) is 0 Å². The van der Waals surface area contributed by atoms with Crippen molar-refractivity contribution in [1.29, 1.82) is 5.26 Å². The smallest absolute Gasteiger partial charge is 0.0991 e. The Morgan fingerprint density at radius 2 is 1.70 bits per heavy atom. The first kappa shape index (κ1) is 16.0. The maximum absolute atomic E-state index is 8.52. The van der Waals surface area contributed by atoms with Crippen LogP contribution in [0.15, 0.2) is 66.9 Å². The molecule has 0 aliphatic rings. The molecule has 0 radical (unpaired) electrons. The first-order chi connectivity index (χ1) is 9.65.